The highest BCUT2D eigenvalue weighted by Crippen LogP contribution is 2.41. The van der Waals surface area contributed by atoms with Crippen LogP contribution in [0.4, 0.5) is 0 Å². The largest absolute Gasteiger partial charge is 0.508 e. The second-order valence-corrected chi connectivity index (χ2v) is 8.32. The summed E-state index contributed by atoms with van der Waals surface area (Å²) in [6, 6.07) is 2.62. The molecule has 1 saturated carbocycles. The maximum Gasteiger partial charge on any atom is 0.225 e. The van der Waals surface area contributed by atoms with Gasteiger partial charge in [-0.05, 0) is 37.7 Å². The van der Waals surface area contributed by atoms with Crippen molar-refractivity contribution < 1.29 is 20.1 Å². The van der Waals surface area contributed by atoms with Gasteiger partial charge in [-0.25, -0.2) is 0 Å². The van der Waals surface area contributed by atoms with Crippen LogP contribution >= 0.6 is 23.2 Å². The van der Waals surface area contributed by atoms with Crippen LogP contribution in [0.15, 0.2) is 12.1 Å². The number of aliphatic hydroxyl groups excluding tert-OH is 1. The Bertz CT molecular complexity index is 686. The van der Waals surface area contributed by atoms with Gasteiger partial charge >= 0.3 is 0 Å². The van der Waals surface area contributed by atoms with E-state index in [0.29, 0.717) is 36.5 Å². The molecule has 1 amide bonds. The van der Waals surface area contributed by atoms with Crippen LogP contribution in [-0.4, -0.2) is 51.4 Å². The summed E-state index contributed by atoms with van der Waals surface area (Å²) in [5.41, 5.74) is 5.81. The molecule has 1 saturated heterocycles. The fourth-order valence-electron chi connectivity index (χ4n) is 3.97. The van der Waals surface area contributed by atoms with Crippen molar-refractivity contribution in [2.24, 2.45) is 17.6 Å². The molecule has 6 nitrogen and oxygen atoms in total. The molecule has 0 aromatic heterocycles. The molecule has 5 N–H and O–H groups in total. The molecule has 144 valence electrons. The third kappa shape index (κ3) is 3.80. The van der Waals surface area contributed by atoms with Gasteiger partial charge in [-0.15, -0.1) is 0 Å². The van der Waals surface area contributed by atoms with E-state index in [-0.39, 0.29) is 41.2 Å². The van der Waals surface area contributed by atoms with Gasteiger partial charge < -0.3 is 26.0 Å². The summed E-state index contributed by atoms with van der Waals surface area (Å²) in [5, 5.41) is 29.7. The van der Waals surface area contributed by atoms with Crippen molar-refractivity contribution >= 4 is 29.1 Å². The summed E-state index contributed by atoms with van der Waals surface area (Å²) in [6.07, 6.45) is 2.09. The fourth-order valence-corrected chi connectivity index (χ4v) is 4.30. The van der Waals surface area contributed by atoms with E-state index in [4.69, 9.17) is 34.0 Å². The number of piperidine rings is 1. The Kier molecular flexibility index (Phi) is 5.70. The molecule has 2 aliphatic rings. The van der Waals surface area contributed by atoms with Crippen molar-refractivity contribution in [1.29, 1.82) is 0 Å². The highest BCUT2D eigenvalue weighted by molar-refractivity contribution is 6.42. The lowest BCUT2D eigenvalue weighted by Crippen LogP contribution is -2.54. The highest BCUT2D eigenvalue weighted by atomic mass is 35.5. The van der Waals surface area contributed by atoms with Crippen molar-refractivity contribution in [1.82, 2.24) is 4.90 Å². The van der Waals surface area contributed by atoms with Gasteiger partial charge in [0.2, 0.25) is 5.91 Å². The number of aromatic hydroxyl groups is 1. The molecule has 0 radical (unpaired) electrons. The quantitative estimate of drug-likeness (QED) is 0.616. The first-order valence-electron chi connectivity index (χ1n) is 8.79. The third-order valence-corrected chi connectivity index (χ3v) is 6.41. The van der Waals surface area contributed by atoms with Crippen molar-refractivity contribution in [3.8, 4) is 5.75 Å². The number of rotatable bonds is 4. The average Bonchev–Trinajstić information content (AvgIpc) is 2.61. The predicted molar refractivity (Wildman–Crippen MR) is 99.1 cm³/mol. The number of phenolic OH excluding ortho intramolecular Hbond substituents is 1. The van der Waals surface area contributed by atoms with Crippen molar-refractivity contribution in [3.05, 3.63) is 27.7 Å². The van der Waals surface area contributed by atoms with Gasteiger partial charge in [0, 0.05) is 36.7 Å². The van der Waals surface area contributed by atoms with E-state index in [1.54, 1.807) is 11.0 Å². The van der Waals surface area contributed by atoms with E-state index in [2.05, 4.69) is 0 Å². The Balaban J connectivity index is 1.57. The van der Waals surface area contributed by atoms with E-state index < -0.39 is 5.60 Å². The maximum atomic E-state index is 12.5. The first kappa shape index (κ1) is 19.7. The second kappa shape index (κ2) is 7.52. The number of benzene rings is 1. The number of halogens is 2. The van der Waals surface area contributed by atoms with Crippen LogP contribution in [0.25, 0.3) is 0 Å². The molecule has 0 unspecified atom stereocenters. The molecule has 8 heteroatoms. The number of carbonyl (C=O) groups is 1. The zero-order valence-corrected chi connectivity index (χ0v) is 15.9. The van der Waals surface area contributed by atoms with Gasteiger partial charge in [-0.3, -0.25) is 4.79 Å². The number of likely N-dealkylation sites (tertiary alicyclic amines) is 1. The van der Waals surface area contributed by atoms with Crippen LogP contribution in [-0.2, 0) is 4.79 Å². The van der Waals surface area contributed by atoms with Crippen LogP contribution in [0.1, 0.15) is 37.3 Å². The SMILES string of the molecule is N[C@@H](c1cc(Cl)c(Cl)cc1O)C1CCN(C(=O)C2CC(O)(CO)C2)CC1. The lowest BCUT2D eigenvalue weighted by molar-refractivity contribution is -0.158. The topological polar surface area (TPSA) is 107 Å². The Labute approximate surface area is 162 Å². The average molecular weight is 403 g/mol. The Morgan fingerprint density at radius 3 is 2.42 bits per heavy atom. The predicted octanol–water partition coefficient (Wildman–Crippen LogP) is 2.07. The number of amides is 1. The molecule has 1 heterocycles. The minimum Gasteiger partial charge on any atom is -0.508 e. The molecule has 1 aromatic carbocycles. The van der Waals surface area contributed by atoms with Crippen LogP contribution in [0.5, 0.6) is 5.75 Å². The number of hydrogen-bond acceptors (Lipinski definition) is 5. The van der Waals surface area contributed by atoms with Crippen LogP contribution < -0.4 is 5.73 Å². The highest BCUT2D eigenvalue weighted by Gasteiger charge is 2.47. The molecule has 1 aliphatic heterocycles. The van der Waals surface area contributed by atoms with E-state index in [0.717, 1.165) is 12.8 Å². The number of hydrogen-bond donors (Lipinski definition) is 4. The van der Waals surface area contributed by atoms with Crippen molar-refractivity contribution in [2.75, 3.05) is 19.7 Å². The minimum atomic E-state index is -1.09. The first-order chi connectivity index (χ1) is 12.2. The Hall–Kier alpha value is -1.05. The van der Waals surface area contributed by atoms with E-state index in [1.807, 2.05) is 0 Å². The van der Waals surface area contributed by atoms with Gasteiger partial charge in [-0.1, -0.05) is 23.2 Å². The smallest absolute Gasteiger partial charge is 0.225 e. The molecule has 2 fully saturated rings. The zero-order chi connectivity index (χ0) is 19.1. The second-order valence-electron chi connectivity index (χ2n) is 7.50. The summed E-state index contributed by atoms with van der Waals surface area (Å²) < 4.78 is 0. The molecular formula is C18H24Cl2N2O4. The van der Waals surface area contributed by atoms with E-state index in [9.17, 15) is 15.0 Å². The van der Waals surface area contributed by atoms with Crippen LogP contribution in [0, 0.1) is 11.8 Å². The monoisotopic (exact) mass is 402 g/mol. The third-order valence-electron chi connectivity index (χ3n) is 5.68. The van der Waals surface area contributed by atoms with Crippen LogP contribution in [0.3, 0.4) is 0 Å². The van der Waals surface area contributed by atoms with E-state index in [1.165, 1.54) is 6.07 Å². The van der Waals surface area contributed by atoms with Crippen molar-refractivity contribution in [3.63, 3.8) is 0 Å². The number of nitrogens with zero attached hydrogens (tertiary/aromatic N) is 1. The summed E-state index contributed by atoms with van der Waals surface area (Å²) in [7, 11) is 0. The van der Waals surface area contributed by atoms with Gasteiger partial charge in [0.15, 0.2) is 0 Å². The molecule has 3 rings (SSSR count). The van der Waals surface area contributed by atoms with E-state index >= 15 is 0 Å². The first-order valence-corrected chi connectivity index (χ1v) is 9.55. The fraction of sp³-hybridized carbons (Fsp3) is 0.611. The molecule has 0 bridgehead atoms. The van der Waals surface area contributed by atoms with Gasteiger partial charge in [-0.2, -0.15) is 0 Å². The van der Waals surface area contributed by atoms with Gasteiger partial charge in [0.1, 0.15) is 5.75 Å². The number of carbonyl (C=O) groups excluding carboxylic acids is 1. The van der Waals surface area contributed by atoms with Gasteiger partial charge in [0.25, 0.3) is 0 Å². The Morgan fingerprint density at radius 2 is 1.85 bits per heavy atom. The molecule has 1 aliphatic carbocycles. The molecule has 1 atom stereocenters. The minimum absolute atomic E-state index is 0.0307. The van der Waals surface area contributed by atoms with Crippen molar-refractivity contribution in [2.45, 2.75) is 37.3 Å². The summed E-state index contributed by atoms with van der Waals surface area (Å²) in [5.74, 6) is -0.0230. The summed E-state index contributed by atoms with van der Waals surface area (Å²) >= 11 is 11.9. The summed E-state index contributed by atoms with van der Waals surface area (Å²) in [4.78, 5) is 14.3. The Morgan fingerprint density at radius 1 is 1.27 bits per heavy atom. The zero-order valence-electron chi connectivity index (χ0n) is 14.4. The summed E-state index contributed by atoms with van der Waals surface area (Å²) in [6.45, 7) is 0.877. The molecule has 26 heavy (non-hydrogen) atoms. The lowest BCUT2D eigenvalue weighted by atomic mass is 9.70. The van der Waals surface area contributed by atoms with Crippen LogP contribution in [0.2, 0.25) is 10.0 Å². The maximum absolute atomic E-state index is 12.5. The standard InChI is InChI=1S/C18H24Cl2N2O4/c19-13-5-12(15(24)6-14(13)20)16(21)10-1-3-22(4-2-10)17(25)11-7-18(26,8-11)9-23/h5-6,10-11,16,23-24,26H,1-4,7-9,21H2/t11?,16-,18?/m1/s1. The van der Waals surface area contributed by atoms with Gasteiger partial charge in [0.05, 0.1) is 22.3 Å². The molecule has 0 spiro atoms. The number of aliphatic hydroxyl groups is 2. The number of nitrogens with two attached hydrogens (primary N) is 1. The lowest BCUT2D eigenvalue weighted by Gasteiger charge is -2.44. The normalized spacial score (nSPS) is 27.9. The molecular weight excluding hydrogens is 379 g/mol. The molecule has 1 aromatic rings. The number of phenols is 1.